The molecular formula is C21H23ClN4O. The second-order valence-electron chi connectivity index (χ2n) is 7.73. The zero-order chi connectivity index (χ0) is 18.4. The van der Waals surface area contributed by atoms with Gasteiger partial charge in [0.2, 0.25) is 0 Å². The van der Waals surface area contributed by atoms with Crippen molar-refractivity contribution in [2.45, 2.75) is 31.6 Å². The van der Waals surface area contributed by atoms with Crippen LogP contribution in [0.5, 0.6) is 5.75 Å². The van der Waals surface area contributed by atoms with Crippen LogP contribution in [-0.4, -0.2) is 28.3 Å². The molecule has 2 aliphatic rings. The fourth-order valence-electron chi connectivity index (χ4n) is 3.90. The summed E-state index contributed by atoms with van der Waals surface area (Å²) in [5, 5.41) is 12.8. The van der Waals surface area contributed by atoms with Crippen molar-refractivity contribution in [1.29, 1.82) is 0 Å². The second kappa shape index (κ2) is 6.71. The number of nitrogens with one attached hydrogen (secondary N) is 1. The monoisotopic (exact) mass is 382 g/mol. The zero-order valence-corrected chi connectivity index (χ0v) is 16.1. The smallest absolute Gasteiger partial charge is 0.181 e. The molecule has 0 aliphatic heterocycles. The average molecular weight is 383 g/mol. The Morgan fingerprint density at radius 1 is 1.22 bits per heavy atom. The number of hydrogen-bond donors (Lipinski definition) is 1. The summed E-state index contributed by atoms with van der Waals surface area (Å²) in [6, 6.07) is 10.3. The fourth-order valence-corrected chi connectivity index (χ4v) is 4.16. The van der Waals surface area contributed by atoms with E-state index in [4.69, 9.17) is 16.3 Å². The van der Waals surface area contributed by atoms with Gasteiger partial charge in [-0.2, -0.15) is 0 Å². The minimum atomic E-state index is 0.550. The van der Waals surface area contributed by atoms with Crippen molar-refractivity contribution in [3.05, 3.63) is 52.9 Å². The van der Waals surface area contributed by atoms with Crippen LogP contribution in [-0.2, 0) is 6.42 Å². The van der Waals surface area contributed by atoms with E-state index in [2.05, 4.69) is 27.6 Å². The molecule has 2 fully saturated rings. The maximum atomic E-state index is 6.61. The Bertz CT molecular complexity index is 981. The third kappa shape index (κ3) is 3.25. The first-order valence-corrected chi connectivity index (χ1v) is 10.0. The van der Waals surface area contributed by atoms with Crippen molar-refractivity contribution in [1.82, 2.24) is 14.6 Å². The van der Waals surface area contributed by atoms with Gasteiger partial charge >= 0.3 is 0 Å². The van der Waals surface area contributed by atoms with Gasteiger partial charge < -0.3 is 10.1 Å². The molecule has 5 rings (SSSR count). The molecular weight excluding hydrogens is 360 g/mol. The molecule has 2 unspecified atom stereocenters. The van der Waals surface area contributed by atoms with Gasteiger partial charge in [-0.05, 0) is 54.7 Å². The van der Waals surface area contributed by atoms with Crippen molar-refractivity contribution < 1.29 is 4.74 Å². The van der Waals surface area contributed by atoms with Gasteiger partial charge in [-0.15, -0.1) is 10.2 Å². The topological polar surface area (TPSA) is 51.5 Å². The van der Waals surface area contributed by atoms with Crippen LogP contribution in [0.15, 0.2) is 36.5 Å². The van der Waals surface area contributed by atoms with Crippen molar-refractivity contribution in [3.8, 4) is 5.75 Å². The molecule has 140 valence electrons. The molecule has 0 bridgehead atoms. The molecule has 1 N–H and O–H groups in total. The van der Waals surface area contributed by atoms with E-state index in [9.17, 15) is 0 Å². The van der Waals surface area contributed by atoms with E-state index in [0.29, 0.717) is 16.9 Å². The first-order chi connectivity index (χ1) is 13.2. The zero-order valence-electron chi connectivity index (χ0n) is 15.4. The summed E-state index contributed by atoms with van der Waals surface area (Å²) in [5.74, 6) is 3.91. The highest BCUT2D eigenvalue weighted by Crippen LogP contribution is 2.50. The molecule has 2 heterocycles. The van der Waals surface area contributed by atoms with Crippen LogP contribution in [0.1, 0.15) is 36.6 Å². The van der Waals surface area contributed by atoms with Gasteiger partial charge in [0.05, 0.1) is 12.8 Å². The van der Waals surface area contributed by atoms with Crippen molar-refractivity contribution in [2.75, 3.05) is 19.0 Å². The number of ether oxygens (including phenoxy) is 1. The number of para-hydroxylation sites is 1. The maximum Gasteiger partial charge on any atom is 0.181 e. The Morgan fingerprint density at radius 2 is 2.07 bits per heavy atom. The third-order valence-corrected chi connectivity index (χ3v) is 6.15. The van der Waals surface area contributed by atoms with Crippen LogP contribution >= 0.6 is 11.6 Å². The number of benzene rings is 1. The summed E-state index contributed by atoms with van der Waals surface area (Å²) in [4.78, 5) is 0. The Morgan fingerprint density at radius 3 is 2.89 bits per heavy atom. The van der Waals surface area contributed by atoms with Crippen molar-refractivity contribution in [2.24, 2.45) is 11.8 Å². The highest BCUT2D eigenvalue weighted by atomic mass is 35.5. The third-order valence-electron chi connectivity index (χ3n) is 5.77. The van der Waals surface area contributed by atoms with Gasteiger partial charge in [0, 0.05) is 19.2 Å². The van der Waals surface area contributed by atoms with E-state index in [0.717, 1.165) is 41.8 Å². The number of fused-ring (bicyclic) bond motifs is 1. The van der Waals surface area contributed by atoms with Crippen LogP contribution < -0.4 is 10.1 Å². The normalized spacial score (nSPS) is 21.4. The summed E-state index contributed by atoms with van der Waals surface area (Å²) in [6.45, 7) is 0.891. The molecule has 2 atom stereocenters. The lowest BCUT2D eigenvalue weighted by molar-refractivity contribution is 0.409. The second-order valence-corrected chi connectivity index (χ2v) is 8.10. The molecule has 2 aliphatic carbocycles. The molecule has 6 heteroatoms. The number of methoxy groups -OCH3 is 1. The van der Waals surface area contributed by atoms with Crippen molar-refractivity contribution >= 4 is 22.9 Å². The lowest BCUT2D eigenvalue weighted by atomic mass is 10.1. The lowest BCUT2D eigenvalue weighted by Crippen LogP contribution is -2.06. The van der Waals surface area contributed by atoms with Crippen molar-refractivity contribution in [3.63, 3.8) is 0 Å². The molecule has 5 nitrogen and oxygen atoms in total. The van der Waals surface area contributed by atoms with E-state index >= 15 is 0 Å². The molecule has 2 saturated carbocycles. The van der Waals surface area contributed by atoms with Crippen LogP contribution in [0.4, 0.5) is 5.69 Å². The largest absolute Gasteiger partial charge is 0.496 e. The van der Waals surface area contributed by atoms with Gasteiger partial charge in [0.15, 0.2) is 5.65 Å². The van der Waals surface area contributed by atoms with Gasteiger partial charge in [-0.3, -0.25) is 4.40 Å². The van der Waals surface area contributed by atoms with Crippen LogP contribution in [0, 0.1) is 11.8 Å². The summed E-state index contributed by atoms with van der Waals surface area (Å²) >= 11 is 6.61. The predicted octanol–water partition coefficient (Wildman–Crippen LogP) is 4.56. The number of nitrogens with zero attached hydrogens (tertiary/aromatic N) is 3. The van der Waals surface area contributed by atoms with E-state index in [1.165, 1.54) is 24.8 Å². The highest BCUT2D eigenvalue weighted by Gasteiger charge is 2.39. The summed E-state index contributed by atoms with van der Waals surface area (Å²) in [6.07, 6.45) is 6.80. The molecule has 0 saturated heterocycles. The lowest BCUT2D eigenvalue weighted by Gasteiger charge is -2.10. The number of hydrogen-bond acceptors (Lipinski definition) is 4. The molecule has 1 aromatic carbocycles. The predicted molar refractivity (Wildman–Crippen MR) is 107 cm³/mol. The quantitative estimate of drug-likeness (QED) is 0.650. The highest BCUT2D eigenvalue weighted by molar-refractivity contribution is 6.36. The number of anilines is 1. The van der Waals surface area contributed by atoms with E-state index in [1.807, 2.05) is 28.8 Å². The molecule has 0 radical (unpaired) electrons. The number of pyridine rings is 1. The van der Waals surface area contributed by atoms with Gasteiger partial charge in [-0.25, -0.2) is 0 Å². The number of rotatable bonds is 7. The summed E-state index contributed by atoms with van der Waals surface area (Å²) in [5.41, 5.74) is 2.98. The van der Waals surface area contributed by atoms with E-state index in [-0.39, 0.29) is 0 Å². The van der Waals surface area contributed by atoms with Crippen LogP contribution in [0.3, 0.4) is 0 Å². The molecule has 0 spiro atoms. The Kier molecular flexibility index (Phi) is 4.20. The van der Waals surface area contributed by atoms with Gasteiger partial charge in [-0.1, -0.05) is 29.8 Å². The summed E-state index contributed by atoms with van der Waals surface area (Å²) in [7, 11) is 1.74. The average Bonchev–Trinajstić information content (AvgIpc) is 3.60. The molecule has 2 aromatic heterocycles. The van der Waals surface area contributed by atoms with Crippen LogP contribution in [0.25, 0.3) is 5.65 Å². The van der Waals surface area contributed by atoms with E-state index in [1.54, 1.807) is 7.11 Å². The minimum absolute atomic E-state index is 0.550. The van der Waals surface area contributed by atoms with E-state index < -0.39 is 0 Å². The first-order valence-electron chi connectivity index (χ1n) is 9.63. The Hall–Kier alpha value is -2.27. The summed E-state index contributed by atoms with van der Waals surface area (Å²) < 4.78 is 7.53. The standard InChI is InChI=1S/C21H23ClN4O/c1-27-18-5-3-2-4-15(18)16-11-14(16)12-23-17-8-9-26-19(10-13-6-7-13)24-25-21(26)20(17)22/h2-5,8-9,13-14,16,23H,6-7,10-12H2,1H3. The fraction of sp³-hybridized carbons (Fsp3) is 0.429. The van der Waals surface area contributed by atoms with Crippen LogP contribution in [0.2, 0.25) is 5.02 Å². The minimum Gasteiger partial charge on any atom is -0.496 e. The first kappa shape index (κ1) is 16.9. The number of halogens is 1. The molecule has 3 aromatic rings. The molecule has 27 heavy (non-hydrogen) atoms. The number of aromatic nitrogens is 3. The molecule has 0 amide bonds. The Labute approximate surface area is 163 Å². The maximum absolute atomic E-state index is 6.61. The Balaban J connectivity index is 1.28. The SMILES string of the molecule is COc1ccccc1C1CC1CNc1ccn2c(CC3CC3)nnc2c1Cl. The van der Waals surface area contributed by atoms with Gasteiger partial charge in [0.1, 0.15) is 16.6 Å². The van der Waals surface area contributed by atoms with Gasteiger partial charge in [0.25, 0.3) is 0 Å².